The lowest BCUT2D eigenvalue weighted by Crippen LogP contribution is -2.28. The molecule has 0 spiro atoms. The van der Waals surface area contributed by atoms with E-state index in [-0.39, 0.29) is 23.0 Å². The van der Waals surface area contributed by atoms with Gasteiger partial charge in [0.2, 0.25) is 0 Å². The van der Waals surface area contributed by atoms with Gasteiger partial charge in [0.25, 0.3) is 5.56 Å². The van der Waals surface area contributed by atoms with Crippen LogP contribution in [0.15, 0.2) is 29.1 Å². The van der Waals surface area contributed by atoms with Gasteiger partial charge in [0.05, 0.1) is 12.3 Å². The zero-order valence-electron chi connectivity index (χ0n) is 13.4. The third-order valence-corrected chi connectivity index (χ3v) is 3.58. The van der Waals surface area contributed by atoms with E-state index in [2.05, 4.69) is 5.32 Å². The van der Waals surface area contributed by atoms with Crippen LogP contribution in [0.5, 0.6) is 0 Å². The van der Waals surface area contributed by atoms with Crippen LogP contribution in [0.4, 0.5) is 15.8 Å². The van der Waals surface area contributed by atoms with Gasteiger partial charge in [-0.1, -0.05) is 11.6 Å². The number of esters is 1. The van der Waals surface area contributed by atoms with Gasteiger partial charge in [-0.05, 0) is 37.6 Å². The average Bonchev–Trinajstić information content (AvgIpc) is 2.50. The average molecular weight is 355 g/mol. The molecule has 0 saturated heterocycles. The second-order valence-electron chi connectivity index (χ2n) is 4.84. The molecule has 0 fully saturated rings. The largest absolute Gasteiger partial charge is 0.462 e. The van der Waals surface area contributed by atoms with Gasteiger partial charge in [-0.15, -0.1) is 4.73 Å². The number of pyridine rings is 1. The topological polar surface area (TPSA) is 69.6 Å². The van der Waals surface area contributed by atoms with Crippen molar-refractivity contribution in [3.8, 4) is 0 Å². The Hall–Kier alpha value is -2.54. The Kier molecular flexibility index (Phi) is 5.46. The van der Waals surface area contributed by atoms with E-state index >= 15 is 0 Å². The van der Waals surface area contributed by atoms with Crippen molar-refractivity contribution in [1.82, 2.24) is 4.73 Å². The summed E-state index contributed by atoms with van der Waals surface area (Å²) in [5.74, 6) is -1.10. The van der Waals surface area contributed by atoms with Crippen molar-refractivity contribution in [2.24, 2.45) is 0 Å². The minimum Gasteiger partial charge on any atom is -0.462 e. The number of ether oxygens (including phenoxy) is 1. The molecule has 0 atom stereocenters. The fourth-order valence-corrected chi connectivity index (χ4v) is 2.47. The van der Waals surface area contributed by atoms with Crippen molar-refractivity contribution in [3.63, 3.8) is 0 Å². The molecule has 0 radical (unpaired) electrons. The van der Waals surface area contributed by atoms with Crippen LogP contribution in [0.3, 0.4) is 0 Å². The molecular formula is C16H16ClFN2O4. The lowest BCUT2D eigenvalue weighted by molar-refractivity contribution is 0.0522. The van der Waals surface area contributed by atoms with Crippen molar-refractivity contribution in [2.75, 3.05) is 19.0 Å². The monoisotopic (exact) mass is 354 g/mol. The predicted octanol–water partition coefficient (Wildman–Crippen LogP) is 2.93. The van der Waals surface area contributed by atoms with E-state index in [0.717, 1.165) is 10.8 Å². The van der Waals surface area contributed by atoms with Crippen LogP contribution in [-0.4, -0.2) is 24.4 Å². The first kappa shape index (κ1) is 17.8. The van der Waals surface area contributed by atoms with Crippen LogP contribution in [0.25, 0.3) is 0 Å². The minimum atomic E-state index is -0.712. The molecule has 0 unspecified atom stereocenters. The van der Waals surface area contributed by atoms with E-state index in [0.29, 0.717) is 11.3 Å². The van der Waals surface area contributed by atoms with Gasteiger partial charge in [0.15, 0.2) is 5.15 Å². The van der Waals surface area contributed by atoms with E-state index in [1.54, 1.807) is 13.8 Å². The van der Waals surface area contributed by atoms with Gasteiger partial charge in [0, 0.05) is 11.8 Å². The number of halogens is 2. The van der Waals surface area contributed by atoms with Crippen LogP contribution in [0.2, 0.25) is 5.15 Å². The molecule has 1 heterocycles. The molecule has 6 nitrogen and oxygen atoms in total. The van der Waals surface area contributed by atoms with Crippen LogP contribution >= 0.6 is 11.6 Å². The maximum atomic E-state index is 13.2. The Morgan fingerprint density at radius 3 is 2.62 bits per heavy atom. The summed E-state index contributed by atoms with van der Waals surface area (Å²) in [6.45, 7) is 3.47. The number of rotatable bonds is 5. The molecular weight excluding hydrogens is 339 g/mol. The number of nitrogens with one attached hydrogen (secondary N) is 1. The van der Waals surface area contributed by atoms with E-state index in [4.69, 9.17) is 21.2 Å². The first-order valence-electron chi connectivity index (χ1n) is 7.09. The van der Waals surface area contributed by atoms with Crippen molar-refractivity contribution in [3.05, 3.63) is 56.7 Å². The third kappa shape index (κ3) is 3.51. The minimum absolute atomic E-state index is 0.0521. The lowest BCUT2D eigenvalue weighted by Gasteiger charge is -2.16. The molecule has 8 heteroatoms. The number of carbonyl (C=O) groups is 1. The molecule has 0 aliphatic rings. The summed E-state index contributed by atoms with van der Waals surface area (Å²) in [5.41, 5.74) is 0.636. The highest BCUT2D eigenvalue weighted by Gasteiger charge is 2.23. The molecule has 0 aliphatic carbocycles. The second-order valence-corrected chi connectivity index (χ2v) is 5.20. The zero-order chi connectivity index (χ0) is 17.9. The molecule has 24 heavy (non-hydrogen) atoms. The molecule has 1 aromatic heterocycles. The first-order chi connectivity index (χ1) is 11.4. The fraction of sp³-hybridized carbons (Fsp3) is 0.250. The summed E-state index contributed by atoms with van der Waals surface area (Å²) >= 11 is 6.12. The van der Waals surface area contributed by atoms with E-state index < -0.39 is 17.3 Å². The molecule has 0 bridgehead atoms. The number of aryl methyl sites for hydroxylation is 1. The molecule has 128 valence electrons. The predicted molar refractivity (Wildman–Crippen MR) is 88.6 cm³/mol. The number of nitrogens with zero attached hydrogens (tertiary/aromatic N) is 1. The fourth-order valence-electron chi connectivity index (χ4n) is 2.14. The highest BCUT2D eigenvalue weighted by molar-refractivity contribution is 6.33. The Bertz CT molecular complexity index is 836. The SMILES string of the molecule is CCOC(=O)c1c(Nc2ccc(F)cc2C)cc(=O)n(OC)c1Cl. The number of benzene rings is 1. The molecule has 2 rings (SSSR count). The molecule has 0 aliphatic heterocycles. The first-order valence-corrected chi connectivity index (χ1v) is 7.47. The third-order valence-electron chi connectivity index (χ3n) is 3.24. The summed E-state index contributed by atoms with van der Waals surface area (Å²) in [6.07, 6.45) is 0. The van der Waals surface area contributed by atoms with Crippen molar-refractivity contribution in [2.45, 2.75) is 13.8 Å². The Morgan fingerprint density at radius 2 is 2.04 bits per heavy atom. The van der Waals surface area contributed by atoms with E-state index in [1.165, 1.54) is 25.3 Å². The van der Waals surface area contributed by atoms with Crippen LogP contribution < -0.4 is 15.7 Å². The standard InChI is InChI=1S/C16H16ClFN2O4/c1-4-24-16(22)14-12(8-13(21)20(23-3)15(14)17)19-11-6-5-10(18)7-9(11)2/h5-8,19H,4H2,1-3H3. The number of anilines is 2. The van der Waals surface area contributed by atoms with Gasteiger partial charge in [-0.25, -0.2) is 9.18 Å². The van der Waals surface area contributed by atoms with Gasteiger partial charge < -0.3 is 14.9 Å². The summed E-state index contributed by atoms with van der Waals surface area (Å²) < 4.78 is 19.0. The number of hydrogen-bond donors (Lipinski definition) is 1. The highest BCUT2D eigenvalue weighted by atomic mass is 35.5. The van der Waals surface area contributed by atoms with Crippen LogP contribution in [-0.2, 0) is 4.74 Å². The lowest BCUT2D eigenvalue weighted by atomic mass is 10.1. The highest BCUT2D eigenvalue weighted by Crippen LogP contribution is 2.28. The Balaban J connectivity index is 2.59. The molecule has 2 aromatic rings. The van der Waals surface area contributed by atoms with Gasteiger partial charge in [-0.3, -0.25) is 4.79 Å². The van der Waals surface area contributed by atoms with Crippen molar-refractivity contribution in [1.29, 1.82) is 0 Å². The zero-order valence-corrected chi connectivity index (χ0v) is 14.1. The van der Waals surface area contributed by atoms with E-state index in [9.17, 15) is 14.0 Å². The summed E-state index contributed by atoms with van der Waals surface area (Å²) in [6, 6.07) is 5.24. The van der Waals surface area contributed by atoms with Crippen LogP contribution in [0.1, 0.15) is 22.8 Å². The van der Waals surface area contributed by atoms with Gasteiger partial charge >= 0.3 is 5.97 Å². The van der Waals surface area contributed by atoms with Crippen molar-refractivity contribution < 1.29 is 18.8 Å². The van der Waals surface area contributed by atoms with E-state index in [1.807, 2.05) is 0 Å². The van der Waals surface area contributed by atoms with Crippen LogP contribution in [0, 0.1) is 12.7 Å². The van der Waals surface area contributed by atoms with Crippen molar-refractivity contribution >= 4 is 28.9 Å². The normalized spacial score (nSPS) is 10.4. The Labute approximate surface area is 142 Å². The number of carbonyl (C=O) groups excluding carboxylic acids is 1. The molecule has 1 aromatic carbocycles. The quantitative estimate of drug-likeness (QED) is 0.660. The summed E-state index contributed by atoms with van der Waals surface area (Å²) in [5, 5.41) is 2.70. The van der Waals surface area contributed by atoms with Gasteiger partial charge in [-0.2, -0.15) is 0 Å². The maximum Gasteiger partial charge on any atom is 0.343 e. The summed E-state index contributed by atoms with van der Waals surface area (Å²) in [7, 11) is 1.25. The maximum absolute atomic E-state index is 13.2. The second kappa shape index (κ2) is 7.35. The Morgan fingerprint density at radius 1 is 1.33 bits per heavy atom. The number of aromatic nitrogens is 1. The molecule has 0 saturated carbocycles. The summed E-state index contributed by atoms with van der Waals surface area (Å²) in [4.78, 5) is 29.1. The molecule has 0 amide bonds. The van der Waals surface area contributed by atoms with Gasteiger partial charge in [0.1, 0.15) is 18.5 Å². The number of hydrogen-bond acceptors (Lipinski definition) is 5. The smallest absolute Gasteiger partial charge is 0.343 e. The molecule has 1 N–H and O–H groups in total.